The molecule has 0 atom stereocenters. The number of carbonyl (C=O) groups excluding carboxylic acids is 2. The number of aryl methyl sites for hydroxylation is 2. The molecule has 0 N–H and O–H groups in total. The third-order valence-corrected chi connectivity index (χ3v) is 4.39. The smallest absolute Gasteiger partial charge is 0.308 e. The average Bonchev–Trinajstić information content (AvgIpc) is 2.47. The molecular formula is C17H18N2O3S. The van der Waals surface area contributed by atoms with Gasteiger partial charge in [0.2, 0.25) is 0 Å². The molecule has 0 saturated carbocycles. The van der Waals surface area contributed by atoms with Crippen LogP contribution in [0.15, 0.2) is 17.0 Å². The first-order chi connectivity index (χ1) is 10.9. The highest BCUT2D eigenvalue weighted by Crippen LogP contribution is 2.30. The number of ether oxygens (including phenoxy) is 1. The van der Waals surface area contributed by atoms with Gasteiger partial charge in [-0.2, -0.15) is 5.26 Å². The van der Waals surface area contributed by atoms with E-state index in [4.69, 9.17) is 10.00 Å². The monoisotopic (exact) mass is 330 g/mol. The molecule has 0 spiro atoms. The second-order valence-electron chi connectivity index (χ2n) is 5.32. The fourth-order valence-electron chi connectivity index (χ4n) is 2.45. The van der Waals surface area contributed by atoms with E-state index in [0.717, 1.165) is 22.4 Å². The van der Waals surface area contributed by atoms with E-state index in [2.05, 4.69) is 0 Å². The minimum absolute atomic E-state index is 0.109. The van der Waals surface area contributed by atoms with E-state index < -0.39 is 0 Å². The molecule has 1 heterocycles. The van der Waals surface area contributed by atoms with Gasteiger partial charge in [0.05, 0.1) is 11.0 Å². The summed E-state index contributed by atoms with van der Waals surface area (Å²) in [6.07, 6.45) is 1.83. The van der Waals surface area contributed by atoms with Crippen molar-refractivity contribution in [3.05, 3.63) is 33.7 Å². The lowest BCUT2D eigenvalue weighted by Gasteiger charge is -2.25. The van der Waals surface area contributed by atoms with Gasteiger partial charge >= 0.3 is 5.97 Å². The van der Waals surface area contributed by atoms with Crippen molar-refractivity contribution in [3.63, 3.8) is 0 Å². The minimum Gasteiger partial charge on any atom is -0.426 e. The number of hydrogen-bond acceptors (Lipinski definition) is 5. The van der Waals surface area contributed by atoms with Crippen LogP contribution in [0.4, 0.5) is 0 Å². The van der Waals surface area contributed by atoms with Crippen LogP contribution in [0, 0.1) is 25.2 Å². The Hall–Kier alpha value is -2.26. The van der Waals surface area contributed by atoms with E-state index in [9.17, 15) is 9.59 Å². The van der Waals surface area contributed by atoms with E-state index in [1.54, 1.807) is 4.90 Å². The zero-order valence-corrected chi connectivity index (χ0v) is 14.2. The van der Waals surface area contributed by atoms with Crippen LogP contribution in [0.25, 0.3) is 6.08 Å². The predicted octanol–water partition coefficient (Wildman–Crippen LogP) is 2.67. The summed E-state index contributed by atoms with van der Waals surface area (Å²) in [6, 6.07) is 5.78. The van der Waals surface area contributed by atoms with Crippen molar-refractivity contribution in [2.24, 2.45) is 0 Å². The molecule has 23 heavy (non-hydrogen) atoms. The number of nitrogens with zero attached hydrogens (tertiary/aromatic N) is 2. The molecular weight excluding hydrogens is 312 g/mol. The molecule has 5 nitrogen and oxygen atoms in total. The molecule has 0 unspecified atom stereocenters. The molecule has 1 amide bonds. The highest BCUT2D eigenvalue weighted by molar-refractivity contribution is 8.04. The number of thioether (sulfide) groups is 1. The van der Waals surface area contributed by atoms with E-state index in [0.29, 0.717) is 17.2 Å². The number of benzene rings is 1. The summed E-state index contributed by atoms with van der Waals surface area (Å²) in [5.41, 5.74) is 2.56. The van der Waals surface area contributed by atoms with Gasteiger partial charge in [0.15, 0.2) is 0 Å². The average molecular weight is 330 g/mol. The molecule has 120 valence electrons. The van der Waals surface area contributed by atoms with E-state index in [-0.39, 0.29) is 18.4 Å². The topological polar surface area (TPSA) is 70.4 Å². The first-order valence-electron chi connectivity index (χ1n) is 7.22. The maximum absolute atomic E-state index is 12.3. The largest absolute Gasteiger partial charge is 0.426 e. The van der Waals surface area contributed by atoms with Gasteiger partial charge in [0, 0.05) is 19.2 Å². The Bertz CT molecular complexity index is 696. The fourth-order valence-corrected chi connectivity index (χ4v) is 3.45. The molecule has 0 bridgehead atoms. The number of amides is 1. The van der Waals surface area contributed by atoms with Crippen molar-refractivity contribution in [1.82, 2.24) is 4.90 Å². The van der Waals surface area contributed by atoms with Crippen molar-refractivity contribution in [1.29, 1.82) is 5.26 Å². The molecule has 1 saturated heterocycles. The molecule has 2 rings (SSSR count). The quantitative estimate of drug-likeness (QED) is 0.369. The summed E-state index contributed by atoms with van der Waals surface area (Å²) in [5, 5.41) is 8.78. The Balaban J connectivity index is 2.30. The SMILES string of the molecule is CC(=O)Oc1c(C)cc(C=C2SCCN(CC#N)C2=O)cc1C. The van der Waals surface area contributed by atoms with Crippen LogP contribution in [-0.4, -0.2) is 35.6 Å². The lowest BCUT2D eigenvalue weighted by Crippen LogP contribution is -2.37. The molecule has 1 aromatic rings. The maximum Gasteiger partial charge on any atom is 0.308 e. The second kappa shape index (κ2) is 7.34. The Morgan fingerprint density at radius 2 is 2.09 bits per heavy atom. The van der Waals surface area contributed by atoms with Crippen LogP contribution in [0.1, 0.15) is 23.6 Å². The Morgan fingerprint density at radius 1 is 1.43 bits per heavy atom. The van der Waals surface area contributed by atoms with Gasteiger partial charge in [-0.05, 0) is 48.7 Å². The molecule has 1 fully saturated rings. The summed E-state index contributed by atoms with van der Waals surface area (Å²) >= 11 is 1.50. The van der Waals surface area contributed by atoms with Crippen LogP contribution < -0.4 is 4.74 Å². The number of carbonyl (C=O) groups is 2. The highest BCUT2D eigenvalue weighted by atomic mass is 32.2. The van der Waals surface area contributed by atoms with Crippen molar-refractivity contribution in [2.45, 2.75) is 20.8 Å². The molecule has 1 aliphatic rings. The van der Waals surface area contributed by atoms with E-state index >= 15 is 0 Å². The van der Waals surface area contributed by atoms with Crippen LogP contribution in [0.5, 0.6) is 5.75 Å². The molecule has 1 aliphatic heterocycles. The van der Waals surface area contributed by atoms with Crippen LogP contribution >= 0.6 is 11.8 Å². The molecule has 0 radical (unpaired) electrons. The van der Waals surface area contributed by atoms with Gasteiger partial charge in [-0.3, -0.25) is 9.59 Å². The lowest BCUT2D eigenvalue weighted by molar-refractivity contribution is -0.132. The summed E-state index contributed by atoms with van der Waals surface area (Å²) < 4.78 is 5.21. The first kappa shape index (κ1) is 17.1. The van der Waals surface area contributed by atoms with Gasteiger partial charge in [0.25, 0.3) is 5.91 Å². The Kier molecular flexibility index (Phi) is 5.45. The number of hydrogen-bond donors (Lipinski definition) is 0. The lowest BCUT2D eigenvalue weighted by atomic mass is 10.1. The maximum atomic E-state index is 12.3. The molecule has 0 aromatic heterocycles. The number of rotatable bonds is 3. The minimum atomic E-state index is -0.354. The summed E-state index contributed by atoms with van der Waals surface area (Å²) in [6.45, 7) is 5.81. The van der Waals surface area contributed by atoms with Crippen LogP contribution in [0.3, 0.4) is 0 Å². The number of esters is 1. The van der Waals surface area contributed by atoms with Crippen molar-refractivity contribution >= 4 is 29.7 Å². The Labute approximate surface area is 139 Å². The first-order valence-corrected chi connectivity index (χ1v) is 8.21. The summed E-state index contributed by atoms with van der Waals surface area (Å²) in [5.74, 6) is 0.881. The van der Waals surface area contributed by atoms with Gasteiger partial charge in [-0.1, -0.05) is 0 Å². The predicted molar refractivity (Wildman–Crippen MR) is 89.9 cm³/mol. The highest BCUT2D eigenvalue weighted by Gasteiger charge is 2.23. The van der Waals surface area contributed by atoms with Gasteiger partial charge in [-0.25, -0.2) is 0 Å². The zero-order chi connectivity index (χ0) is 17.0. The fraction of sp³-hybridized carbons (Fsp3) is 0.353. The third-order valence-electron chi connectivity index (χ3n) is 3.40. The van der Waals surface area contributed by atoms with E-state index in [1.807, 2.05) is 38.1 Å². The molecule has 6 heteroatoms. The Morgan fingerprint density at radius 3 is 2.65 bits per heavy atom. The third kappa shape index (κ3) is 4.14. The summed E-state index contributed by atoms with van der Waals surface area (Å²) in [4.78, 5) is 25.6. The van der Waals surface area contributed by atoms with Crippen molar-refractivity contribution < 1.29 is 14.3 Å². The second-order valence-corrected chi connectivity index (χ2v) is 6.46. The van der Waals surface area contributed by atoms with Gasteiger partial charge in [-0.15, -0.1) is 11.8 Å². The summed E-state index contributed by atoms with van der Waals surface area (Å²) in [7, 11) is 0. The van der Waals surface area contributed by atoms with Crippen LogP contribution in [-0.2, 0) is 9.59 Å². The van der Waals surface area contributed by atoms with Gasteiger partial charge < -0.3 is 9.64 Å². The normalized spacial score (nSPS) is 16.3. The number of nitriles is 1. The van der Waals surface area contributed by atoms with Gasteiger partial charge in [0.1, 0.15) is 12.3 Å². The van der Waals surface area contributed by atoms with Crippen molar-refractivity contribution in [3.8, 4) is 11.8 Å². The van der Waals surface area contributed by atoms with Crippen LogP contribution in [0.2, 0.25) is 0 Å². The van der Waals surface area contributed by atoms with Crippen molar-refractivity contribution in [2.75, 3.05) is 18.8 Å². The standard InChI is InChI=1S/C17H18N2O3S/c1-11-8-14(9-12(2)16(11)22-13(3)20)10-15-17(21)19(5-4-18)6-7-23-15/h8-10H,5-7H2,1-3H3. The zero-order valence-electron chi connectivity index (χ0n) is 13.4. The molecule has 1 aromatic carbocycles. The molecule has 0 aliphatic carbocycles. The van der Waals surface area contributed by atoms with E-state index in [1.165, 1.54) is 18.7 Å².